The van der Waals surface area contributed by atoms with Gasteiger partial charge in [-0.15, -0.1) is 0 Å². The Morgan fingerprint density at radius 2 is 2.08 bits per heavy atom. The second kappa shape index (κ2) is 8.07. The molecular formula is C18H26N2O4. The molecule has 132 valence electrons. The van der Waals surface area contributed by atoms with Crippen LogP contribution in [0, 0.1) is 0 Å². The molecule has 1 amide bonds. The van der Waals surface area contributed by atoms with Crippen LogP contribution in [0.2, 0.25) is 0 Å². The largest absolute Gasteiger partial charge is 0.389 e. The van der Waals surface area contributed by atoms with Crippen molar-refractivity contribution in [2.24, 2.45) is 0 Å². The molecule has 6 nitrogen and oxygen atoms in total. The number of carbonyl (C=O) groups is 1. The Bertz CT molecular complexity index is 539. The normalized spacial score (nSPS) is 30.0. The number of aliphatic hydroxyl groups excluding tert-OH is 2. The first-order valence-electron chi connectivity index (χ1n) is 8.69. The highest BCUT2D eigenvalue weighted by Crippen LogP contribution is 2.18. The zero-order chi connectivity index (χ0) is 16.9. The molecule has 1 aromatic rings. The summed E-state index contributed by atoms with van der Waals surface area (Å²) >= 11 is 0. The number of hydrogen-bond acceptors (Lipinski definition) is 5. The van der Waals surface area contributed by atoms with E-state index in [9.17, 15) is 15.0 Å². The number of amides is 1. The summed E-state index contributed by atoms with van der Waals surface area (Å²) in [6, 6.07) is 9.63. The van der Waals surface area contributed by atoms with Crippen molar-refractivity contribution >= 4 is 5.91 Å². The van der Waals surface area contributed by atoms with E-state index in [0.717, 1.165) is 19.3 Å². The van der Waals surface area contributed by atoms with Crippen LogP contribution in [-0.4, -0.2) is 71.6 Å². The molecule has 2 aliphatic rings. The summed E-state index contributed by atoms with van der Waals surface area (Å²) in [6.45, 7) is 2.14. The fraction of sp³-hybridized carbons (Fsp3) is 0.611. The van der Waals surface area contributed by atoms with Gasteiger partial charge in [0.1, 0.15) is 12.1 Å². The van der Waals surface area contributed by atoms with E-state index < -0.39 is 18.2 Å². The predicted molar refractivity (Wildman–Crippen MR) is 89.5 cm³/mol. The van der Waals surface area contributed by atoms with Gasteiger partial charge in [0, 0.05) is 26.2 Å². The molecule has 0 saturated carbocycles. The fourth-order valence-electron chi connectivity index (χ4n) is 3.38. The van der Waals surface area contributed by atoms with E-state index in [4.69, 9.17) is 4.74 Å². The van der Waals surface area contributed by atoms with Crippen molar-refractivity contribution in [3.05, 3.63) is 35.9 Å². The van der Waals surface area contributed by atoms with E-state index in [1.807, 2.05) is 18.2 Å². The van der Waals surface area contributed by atoms with Crippen LogP contribution in [0.3, 0.4) is 0 Å². The number of aliphatic hydroxyl groups is 2. The summed E-state index contributed by atoms with van der Waals surface area (Å²) in [7, 11) is 0. The predicted octanol–water partition coefficient (Wildman–Crippen LogP) is -0.0697. The molecule has 0 radical (unpaired) electrons. The lowest BCUT2D eigenvalue weighted by atomic mass is 10.1. The summed E-state index contributed by atoms with van der Waals surface area (Å²) in [5.41, 5.74) is 1.31. The fourth-order valence-corrected chi connectivity index (χ4v) is 3.38. The minimum Gasteiger partial charge on any atom is -0.389 e. The third-order valence-electron chi connectivity index (χ3n) is 4.81. The molecule has 3 N–H and O–H groups in total. The van der Waals surface area contributed by atoms with Gasteiger partial charge in [-0.1, -0.05) is 30.3 Å². The first kappa shape index (κ1) is 17.4. The SMILES string of the molecule is O=C([C@@H]1NC[C@@H](O)[C@H]1O)N1CCC(OCCCc2ccccc2)C1. The van der Waals surface area contributed by atoms with E-state index in [-0.39, 0.29) is 18.6 Å². The standard InChI is InChI=1S/C18H26N2O4/c21-15-11-19-16(17(15)22)18(23)20-9-8-14(12-20)24-10-4-7-13-5-2-1-3-6-13/h1-3,5-6,14-17,19,21-22H,4,7-12H2/t14?,15-,16-,17-/m1/s1. The number of hydrogen-bond donors (Lipinski definition) is 3. The van der Waals surface area contributed by atoms with Gasteiger partial charge in [0.25, 0.3) is 0 Å². The number of rotatable bonds is 6. The van der Waals surface area contributed by atoms with Crippen LogP contribution >= 0.6 is 0 Å². The molecule has 1 aromatic carbocycles. The van der Waals surface area contributed by atoms with Crippen molar-refractivity contribution < 1.29 is 19.7 Å². The Labute approximate surface area is 142 Å². The number of nitrogens with zero attached hydrogens (tertiary/aromatic N) is 1. The Morgan fingerprint density at radius 3 is 2.79 bits per heavy atom. The van der Waals surface area contributed by atoms with Crippen molar-refractivity contribution in [3.63, 3.8) is 0 Å². The minimum absolute atomic E-state index is 0.0631. The van der Waals surface area contributed by atoms with Crippen LogP contribution in [0.15, 0.2) is 30.3 Å². The van der Waals surface area contributed by atoms with Crippen LogP contribution in [0.25, 0.3) is 0 Å². The quantitative estimate of drug-likeness (QED) is 0.635. The summed E-state index contributed by atoms with van der Waals surface area (Å²) in [4.78, 5) is 14.1. The van der Waals surface area contributed by atoms with E-state index in [1.54, 1.807) is 4.90 Å². The molecule has 0 spiro atoms. The Morgan fingerprint density at radius 1 is 1.29 bits per heavy atom. The van der Waals surface area contributed by atoms with Crippen molar-refractivity contribution in [1.82, 2.24) is 10.2 Å². The highest BCUT2D eigenvalue weighted by Gasteiger charge is 2.41. The highest BCUT2D eigenvalue weighted by molar-refractivity contribution is 5.83. The minimum atomic E-state index is -1.02. The molecule has 0 bridgehead atoms. The Hall–Kier alpha value is -1.47. The van der Waals surface area contributed by atoms with E-state index >= 15 is 0 Å². The molecule has 2 aliphatic heterocycles. The van der Waals surface area contributed by atoms with Gasteiger partial charge in [0.05, 0.1) is 12.2 Å². The molecule has 24 heavy (non-hydrogen) atoms. The van der Waals surface area contributed by atoms with Gasteiger partial charge >= 0.3 is 0 Å². The van der Waals surface area contributed by atoms with Gasteiger partial charge in [-0.3, -0.25) is 4.79 Å². The summed E-state index contributed by atoms with van der Waals surface area (Å²) in [5, 5.41) is 22.3. The second-order valence-corrected chi connectivity index (χ2v) is 6.60. The number of benzene rings is 1. The molecule has 0 aliphatic carbocycles. The number of β-amino-alcohol motifs (C(OH)–C–C–N with tert-alkyl or cyclic N) is 1. The summed E-state index contributed by atoms with van der Waals surface area (Å²) in [6.07, 6.45) is 0.946. The number of carbonyl (C=O) groups excluding carboxylic acids is 1. The molecule has 1 unspecified atom stereocenters. The third-order valence-corrected chi connectivity index (χ3v) is 4.81. The molecule has 4 atom stereocenters. The van der Waals surface area contributed by atoms with Crippen LogP contribution < -0.4 is 5.32 Å². The van der Waals surface area contributed by atoms with Crippen molar-refractivity contribution in [2.45, 2.75) is 43.6 Å². The zero-order valence-corrected chi connectivity index (χ0v) is 13.8. The van der Waals surface area contributed by atoms with Crippen LogP contribution in [0.4, 0.5) is 0 Å². The summed E-state index contributed by atoms with van der Waals surface area (Å²) < 4.78 is 5.89. The maximum absolute atomic E-state index is 12.4. The second-order valence-electron chi connectivity index (χ2n) is 6.60. The van der Waals surface area contributed by atoms with Gasteiger partial charge in [-0.25, -0.2) is 0 Å². The van der Waals surface area contributed by atoms with Crippen LogP contribution in [-0.2, 0) is 16.0 Å². The maximum Gasteiger partial charge on any atom is 0.242 e. The van der Waals surface area contributed by atoms with Crippen LogP contribution in [0.1, 0.15) is 18.4 Å². The Kier molecular flexibility index (Phi) is 5.84. The molecule has 0 aromatic heterocycles. The first-order chi connectivity index (χ1) is 11.6. The third kappa shape index (κ3) is 4.13. The maximum atomic E-state index is 12.4. The molecule has 6 heteroatoms. The van der Waals surface area contributed by atoms with Gasteiger partial charge in [0.2, 0.25) is 5.91 Å². The number of likely N-dealkylation sites (tertiary alicyclic amines) is 1. The lowest BCUT2D eigenvalue weighted by Gasteiger charge is -2.23. The van der Waals surface area contributed by atoms with Crippen molar-refractivity contribution in [3.8, 4) is 0 Å². The monoisotopic (exact) mass is 334 g/mol. The highest BCUT2D eigenvalue weighted by atomic mass is 16.5. The van der Waals surface area contributed by atoms with E-state index in [1.165, 1.54) is 5.56 Å². The van der Waals surface area contributed by atoms with E-state index in [0.29, 0.717) is 19.7 Å². The topological polar surface area (TPSA) is 82.0 Å². The Balaban J connectivity index is 1.37. The smallest absolute Gasteiger partial charge is 0.242 e. The van der Waals surface area contributed by atoms with Gasteiger partial charge < -0.3 is 25.2 Å². The van der Waals surface area contributed by atoms with E-state index in [2.05, 4.69) is 17.4 Å². The molecular weight excluding hydrogens is 308 g/mol. The zero-order valence-electron chi connectivity index (χ0n) is 13.8. The molecule has 2 saturated heterocycles. The molecule has 2 fully saturated rings. The molecule has 2 heterocycles. The van der Waals surface area contributed by atoms with Gasteiger partial charge in [0.15, 0.2) is 0 Å². The number of aryl methyl sites for hydroxylation is 1. The number of nitrogens with one attached hydrogen (secondary N) is 1. The number of ether oxygens (including phenoxy) is 1. The van der Waals surface area contributed by atoms with Gasteiger partial charge in [-0.2, -0.15) is 0 Å². The first-order valence-corrected chi connectivity index (χ1v) is 8.69. The average molecular weight is 334 g/mol. The summed E-state index contributed by atoms with van der Waals surface area (Å²) in [5.74, 6) is -0.144. The van der Waals surface area contributed by atoms with Crippen molar-refractivity contribution in [1.29, 1.82) is 0 Å². The van der Waals surface area contributed by atoms with Crippen LogP contribution in [0.5, 0.6) is 0 Å². The average Bonchev–Trinajstić information content (AvgIpc) is 3.20. The lowest BCUT2D eigenvalue weighted by Crippen LogP contribution is -2.48. The van der Waals surface area contributed by atoms with Gasteiger partial charge in [-0.05, 0) is 24.8 Å². The molecule has 3 rings (SSSR count). The van der Waals surface area contributed by atoms with Crippen molar-refractivity contribution in [2.75, 3.05) is 26.2 Å². The lowest BCUT2D eigenvalue weighted by molar-refractivity contribution is -0.135.